The zero-order chi connectivity index (χ0) is 9.84. The molecule has 0 fully saturated rings. The molecule has 0 aromatic heterocycles. The van der Waals surface area contributed by atoms with Gasteiger partial charge in [0.2, 0.25) is 0 Å². The number of halogens is 2. The monoisotopic (exact) mass is 263 g/mol. The molecule has 0 saturated carbocycles. The average Bonchev–Trinajstić information content (AvgIpc) is 2.02. The number of aliphatic hydroxyl groups is 1. The number of hydrogen-bond donors (Lipinski definition) is 2. The van der Waals surface area contributed by atoms with Crippen molar-refractivity contribution < 1.29 is 5.11 Å². The van der Waals surface area contributed by atoms with Crippen molar-refractivity contribution in [1.29, 1.82) is 0 Å². The fourth-order valence-electron chi connectivity index (χ4n) is 0.891. The number of rotatable bonds is 3. The van der Waals surface area contributed by atoms with Crippen LogP contribution in [0.1, 0.15) is 6.92 Å². The summed E-state index contributed by atoms with van der Waals surface area (Å²) in [5.74, 6) is 0. The van der Waals surface area contributed by atoms with E-state index in [4.69, 9.17) is 16.7 Å². The molecule has 0 bridgehead atoms. The number of nitrogens with one attached hydrogen (secondary N) is 1. The molecular weight excluding hydrogens is 253 g/mol. The molecule has 0 heterocycles. The summed E-state index contributed by atoms with van der Waals surface area (Å²) < 4.78 is 0.945. The molecule has 0 aliphatic heterocycles. The summed E-state index contributed by atoms with van der Waals surface area (Å²) in [4.78, 5) is 0. The van der Waals surface area contributed by atoms with Gasteiger partial charge >= 0.3 is 0 Å². The maximum atomic E-state index is 9.04. The maximum Gasteiger partial charge on any atom is 0.0684 e. The summed E-state index contributed by atoms with van der Waals surface area (Å²) in [6.07, 6.45) is -0.375. The minimum absolute atomic E-state index is 0.375. The molecule has 1 rings (SSSR count). The van der Waals surface area contributed by atoms with Crippen molar-refractivity contribution in [2.75, 3.05) is 11.9 Å². The zero-order valence-corrected chi connectivity index (χ0v) is 9.56. The normalized spacial score (nSPS) is 12.6. The van der Waals surface area contributed by atoms with Gasteiger partial charge in [0, 0.05) is 11.0 Å². The Kier molecular flexibility index (Phi) is 4.03. The predicted molar refractivity (Wildman–Crippen MR) is 59.3 cm³/mol. The molecule has 72 valence electrons. The molecule has 0 radical (unpaired) electrons. The number of aliphatic hydroxyl groups excluding tert-OH is 1. The van der Waals surface area contributed by atoms with Crippen molar-refractivity contribution in [2.45, 2.75) is 13.0 Å². The first-order valence-electron chi connectivity index (χ1n) is 3.96. The van der Waals surface area contributed by atoms with Crippen LogP contribution in [0.25, 0.3) is 0 Å². The van der Waals surface area contributed by atoms with Crippen LogP contribution in [0.5, 0.6) is 0 Å². The summed E-state index contributed by atoms with van der Waals surface area (Å²) in [6.45, 7) is 2.22. The molecule has 0 aliphatic rings. The van der Waals surface area contributed by atoms with Crippen LogP contribution in [-0.2, 0) is 0 Å². The molecule has 13 heavy (non-hydrogen) atoms. The van der Waals surface area contributed by atoms with E-state index in [1.807, 2.05) is 18.2 Å². The lowest BCUT2D eigenvalue weighted by atomic mass is 10.3. The SMILES string of the molecule is C[C@@H](O)CNc1ccc(Br)cc1Cl. The Labute approximate surface area is 91.0 Å². The van der Waals surface area contributed by atoms with Gasteiger partial charge in [0.05, 0.1) is 16.8 Å². The molecule has 2 nitrogen and oxygen atoms in total. The standard InChI is InChI=1S/C9H11BrClNO/c1-6(13)5-12-9-3-2-7(10)4-8(9)11/h2-4,6,12-13H,5H2,1H3/t6-/m1/s1. The van der Waals surface area contributed by atoms with E-state index in [1.54, 1.807) is 6.92 Å². The zero-order valence-electron chi connectivity index (χ0n) is 7.22. The smallest absolute Gasteiger partial charge is 0.0684 e. The highest BCUT2D eigenvalue weighted by Crippen LogP contribution is 2.25. The van der Waals surface area contributed by atoms with Crippen molar-refractivity contribution in [1.82, 2.24) is 0 Å². The summed E-state index contributed by atoms with van der Waals surface area (Å²) in [7, 11) is 0. The van der Waals surface area contributed by atoms with Gasteiger partial charge in [-0.1, -0.05) is 27.5 Å². The average molecular weight is 265 g/mol. The van der Waals surface area contributed by atoms with E-state index in [-0.39, 0.29) is 6.10 Å². The van der Waals surface area contributed by atoms with E-state index in [2.05, 4.69) is 21.2 Å². The minimum atomic E-state index is -0.375. The Morgan fingerprint density at radius 3 is 2.85 bits per heavy atom. The van der Waals surface area contributed by atoms with Gasteiger partial charge in [-0.25, -0.2) is 0 Å². The molecule has 0 aliphatic carbocycles. The summed E-state index contributed by atoms with van der Waals surface area (Å²) in [5.41, 5.74) is 0.839. The van der Waals surface area contributed by atoms with Gasteiger partial charge in [0.15, 0.2) is 0 Å². The van der Waals surface area contributed by atoms with E-state index in [9.17, 15) is 0 Å². The lowest BCUT2D eigenvalue weighted by molar-refractivity contribution is 0.208. The Morgan fingerprint density at radius 2 is 2.31 bits per heavy atom. The molecule has 0 spiro atoms. The summed E-state index contributed by atoms with van der Waals surface area (Å²) in [6, 6.07) is 5.58. The third-order valence-corrected chi connectivity index (χ3v) is 2.33. The van der Waals surface area contributed by atoms with Gasteiger partial charge in [0.25, 0.3) is 0 Å². The van der Waals surface area contributed by atoms with Crippen molar-refractivity contribution in [2.24, 2.45) is 0 Å². The summed E-state index contributed by atoms with van der Waals surface area (Å²) >= 11 is 9.25. The second-order valence-electron chi connectivity index (χ2n) is 2.85. The number of benzene rings is 1. The van der Waals surface area contributed by atoms with Crippen LogP contribution in [0.3, 0.4) is 0 Å². The highest BCUT2D eigenvalue weighted by molar-refractivity contribution is 9.10. The van der Waals surface area contributed by atoms with Crippen molar-refractivity contribution in [3.8, 4) is 0 Å². The van der Waals surface area contributed by atoms with E-state index in [0.29, 0.717) is 11.6 Å². The first kappa shape index (κ1) is 10.8. The van der Waals surface area contributed by atoms with Crippen LogP contribution < -0.4 is 5.32 Å². The lowest BCUT2D eigenvalue weighted by Gasteiger charge is -2.09. The first-order chi connectivity index (χ1) is 6.09. The topological polar surface area (TPSA) is 32.3 Å². The molecule has 1 aromatic rings. The second kappa shape index (κ2) is 4.84. The molecule has 4 heteroatoms. The lowest BCUT2D eigenvalue weighted by Crippen LogP contribution is -2.15. The van der Waals surface area contributed by atoms with Crippen molar-refractivity contribution >= 4 is 33.2 Å². The van der Waals surface area contributed by atoms with Gasteiger partial charge in [-0.3, -0.25) is 0 Å². The highest BCUT2D eigenvalue weighted by atomic mass is 79.9. The molecule has 1 aromatic carbocycles. The highest BCUT2D eigenvalue weighted by Gasteiger charge is 2.01. The maximum absolute atomic E-state index is 9.04. The molecule has 0 saturated heterocycles. The van der Waals surface area contributed by atoms with Crippen LogP contribution >= 0.6 is 27.5 Å². The van der Waals surface area contributed by atoms with Crippen LogP contribution in [0.4, 0.5) is 5.69 Å². The summed E-state index contributed by atoms with van der Waals surface area (Å²) in [5, 5.41) is 12.7. The number of hydrogen-bond acceptors (Lipinski definition) is 2. The van der Waals surface area contributed by atoms with Gasteiger partial charge in [-0.05, 0) is 25.1 Å². The largest absolute Gasteiger partial charge is 0.392 e. The minimum Gasteiger partial charge on any atom is -0.392 e. The van der Waals surface area contributed by atoms with E-state index >= 15 is 0 Å². The fraction of sp³-hybridized carbons (Fsp3) is 0.333. The van der Waals surface area contributed by atoms with E-state index in [1.165, 1.54) is 0 Å². The van der Waals surface area contributed by atoms with Crippen LogP contribution in [0.2, 0.25) is 5.02 Å². The first-order valence-corrected chi connectivity index (χ1v) is 5.13. The van der Waals surface area contributed by atoms with Gasteiger partial charge in [-0.2, -0.15) is 0 Å². The quantitative estimate of drug-likeness (QED) is 0.880. The van der Waals surface area contributed by atoms with Gasteiger partial charge in [0.1, 0.15) is 0 Å². The van der Waals surface area contributed by atoms with E-state index in [0.717, 1.165) is 10.2 Å². The van der Waals surface area contributed by atoms with Crippen LogP contribution in [0.15, 0.2) is 22.7 Å². The Balaban J connectivity index is 2.67. The second-order valence-corrected chi connectivity index (χ2v) is 4.18. The molecule has 1 atom stereocenters. The third kappa shape index (κ3) is 3.55. The Bertz CT molecular complexity index is 291. The Morgan fingerprint density at radius 1 is 1.62 bits per heavy atom. The molecular formula is C9H11BrClNO. The van der Waals surface area contributed by atoms with Crippen molar-refractivity contribution in [3.05, 3.63) is 27.7 Å². The van der Waals surface area contributed by atoms with Crippen LogP contribution in [-0.4, -0.2) is 17.8 Å². The number of anilines is 1. The molecule has 2 N–H and O–H groups in total. The molecule has 0 amide bonds. The predicted octanol–water partition coefficient (Wildman–Crippen LogP) is 2.90. The van der Waals surface area contributed by atoms with Crippen molar-refractivity contribution in [3.63, 3.8) is 0 Å². The Hall–Kier alpha value is -0.250. The van der Waals surface area contributed by atoms with Crippen LogP contribution in [0, 0.1) is 0 Å². The van der Waals surface area contributed by atoms with Gasteiger partial charge in [-0.15, -0.1) is 0 Å². The van der Waals surface area contributed by atoms with E-state index < -0.39 is 0 Å². The third-order valence-electron chi connectivity index (χ3n) is 1.52. The molecule has 0 unspecified atom stereocenters. The van der Waals surface area contributed by atoms with Gasteiger partial charge < -0.3 is 10.4 Å². The fourth-order valence-corrected chi connectivity index (χ4v) is 1.63.